The van der Waals surface area contributed by atoms with E-state index in [-0.39, 0.29) is 124 Å². The van der Waals surface area contributed by atoms with E-state index in [0.29, 0.717) is 59.2 Å². The summed E-state index contributed by atoms with van der Waals surface area (Å²) < 4.78 is 83.9. The van der Waals surface area contributed by atoms with Crippen molar-refractivity contribution in [3.05, 3.63) is 114 Å². The molecule has 0 saturated heterocycles. The molecule has 6 aromatic rings. The molecule has 6 aliphatic rings. The minimum atomic E-state index is -6.75. The van der Waals surface area contributed by atoms with Crippen molar-refractivity contribution in [1.29, 1.82) is 0 Å². The summed E-state index contributed by atoms with van der Waals surface area (Å²) in [5, 5.41) is -1.92. The van der Waals surface area contributed by atoms with Gasteiger partial charge in [0.2, 0.25) is 0 Å². The number of rotatable bonds is 0. The van der Waals surface area contributed by atoms with Gasteiger partial charge in [-0.3, -0.25) is 0 Å². The molecule has 6 aliphatic heterocycles. The molecular formula is C37H3Br12Cl11O12P2-2. The van der Waals surface area contributed by atoms with E-state index in [1.807, 2.05) is 0 Å². The van der Waals surface area contributed by atoms with E-state index in [0.717, 1.165) is 0 Å². The summed E-state index contributed by atoms with van der Waals surface area (Å²) in [6, 6.07) is 0. The van der Waals surface area contributed by atoms with Gasteiger partial charge in [-0.15, -0.1) is 0 Å². The molecule has 0 aromatic heterocycles. The zero-order valence-corrected chi connectivity index (χ0v) is 62.6. The molecule has 12 nitrogen and oxygen atoms in total. The second-order valence-electron chi connectivity index (χ2n) is 15.1. The van der Waals surface area contributed by atoms with Gasteiger partial charge in [0.1, 0.15) is 0 Å². The Balaban J connectivity index is 0.000000159. The molecule has 0 radical (unpaired) electrons. The van der Waals surface area contributed by atoms with Crippen LogP contribution in [0, 0.1) is 6.92 Å². The quantitative estimate of drug-likeness (QED) is 0.0820. The predicted octanol–water partition coefficient (Wildman–Crippen LogP) is 26.6. The fourth-order valence-corrected chi connectivity index (χ4v) is 25.3. The molecule has 0 aliphatic carbocycles. The van der Waals surface area contributed by atoms with Gasteiger partial charge in [-0.25, -0.2) is 0 Å². The Bertz CT molecular complexity index is 2970. The SMILES string of the molecule is Brc1c(Br)c(Br)c2c(c1Br)O[P-]13(O2)(Oc2c(Br)c(Br)c(Br)c(Br)c2O1)Oc1c(Br)c(Br)c(Br)c(Br)c1O3.Cc1c(Cl)c(Cl)c2c(c1Cl)O[P-]13(O2)(Oc2c(Cl)c(Cl)c(Cl)c(Cl)c2O1)Oc1c(Cl)c(Cl)c(Cl)c(Cl)c1O3. The van der Waals surface area contributed by atoms with Crippen LogP contribution in [0.3, 0.4) is 0 Å². The third-order valence-electron chi connectivity index (χ3n) is 10.7. The number of fused-ring (bicyclic) bond motifs is 6. The Morgan fingerprint density at radius 2 is 0.351 bits per heavy atom. The predicted molar refractivity (Wildman–Crippen MR) is 332 cm³/mol. The molecule has 0 fully saturated rings. The summed E-state index contributed by atoms with van der Waals surface area (Å²) in [5.74, 6) is -0.485. The average Bonchev–Trinajstić information content (AvgIpc) is 4.20. The third-order valence-corrected chi connectivity index (χ3v) is 36.4. The fourth-order valence-electron chi connectivity index (χ4n) is 7.46. The molecule has 0 unspecified atom stereocenters. The summed E-state index contributed by atoms with van der Waals surface area (Å²) in [7, 11) is -13.0. The van der Waals surface area contributed by atoms with E-state index in [4.69, 9.17) is 182 Å². The van der Waals surface area contributed by atoms with Gasteiger partial charge in [0.15, 0.2) is 0 Å². The Hall–Kier alpha value is 2.73. The molecule has 0 amide bonds. The second-order valence-corrected chi connectivity index (χ2v) is 35.5. The summed E-state index contributed by atoms with van der Waals surface area (Å²) >= 11 is 113. The van der Waals surface area contributed by atoms with Gasteiger partial charge in [0.25, 0.3) is 0 Å². The molecule has 37 heteroatoms. The summed E-state index contributed by atoms with van der Waals surface area (Å²) in [6.45, 7) is 1.58. The first-order valence-corrected chi connectivity index (χ1v) is 36.5. The molecule has 2 spiro atoms. The van der Waals surface area contributed by atoms with Crippen LogP contribution in [0.2, 0.25) is 55.2 Å². The number of hydrogen-bond acceptors (Lipinski definition) is 12. The van der Waals surface area contributed by atoms with Gasteiger partial charge in [0.05, 0.1) is 0 Å². The van der Waals surface area contributed by atoms with Gasteiger partial charge >= 0.3 is 578 Å². The standard InChI is InChI=1S/C19H3Cl11O6P.C18Br12O6P/c1-2-3(20)9(26)15-14(4(2)21)31-37(32-15,33-16-10(27)5(22)6(23)11(28)17(16)34-37)35-18-12(29)7(24)8(25)13(30)19(18)36-37;19-1-2(20)8(26)14-13(7(1)25)31-37(32-14,33-15-9(27)3(21)4(22)10(28)16(15)34-37)35-17-11(29)5(23)6(24)12(30)18(17)36-37/h1H3;/q2*-1. The van der Waals surface area contributed by atoms with Crippen LogP contribution >= 0.6 is 333 Å². The van der Waals surface area contributed by atoms with E-state index < -0.39 is 14.6 Å². The zero-order chi connectivity index (χ0) is 54.1. The first-order valence-electron chi connectivity index (χ1n) is 18.5. The second kappa shape index (κ2) is 18.1. The van der Waals surface area contributed by atoms with Crippen LogP contribution in [-0.4, -0.2) is 0 Å². The topological polar surface area (TPSA) is 111 Å². The van der Waals surface area contributed by atoms with E-state index >= 15 is 0 Å². The van der Waals surface area contributed by atoms with Gasteiger partial charge in [0, 0.05) is 0 Å². The average molecular weight is 2050 g/mol. The molecule has 12 rings (SSSR count). The van der Waals surface area contributed by atoms with Crippen molar-refractivity contribution in [2.45, 2.75) is 6.92 Å². The van der Waals surface area contributed by atoms with Crippen molar-refractivity contribution in [3.8, 4) is 69.0 Å². The first kappa shape index (κ1) is 58.5. The van der Waals surface area contributed by atoms with Crippen LogP contribution in [0.15, 0.2) is 53.7 Å². The van der Waals surface area contributed by atoms with Crippen molar-refractivity contribution < 1.29 is 54.3 Å². The molecule has 0 bridgehead atoms. The van der Waals surface area contributed by atoms with Gasteiger partial charge < -0.3 is 0 Å². The number of halogens is 23. The van der Waals surface area contributed by atoms with Crippen molar-refractivity contribution in [3.63, 3.8) is 0 Å². The van der Waals surface area contributed by atoms with Crippen molar-refractivity contribution in [1.82, 2.24) is 0 Å². The normalized spacial score (nSPS) is 20.1. The third kappa shape index (κ3) is 7.63. The van der Waals surface area contributed by atoms with Gasteiger partial charge in [-0.2, -0.15) is 0 Å². The molecule has 74 heavy (non-hydrogen) atoms. The Labute approximate surface area is 569 Å². The minimum absolute atomic E-state index is 0.0292. The van der Waals surface area contributed by atoms with Crippen molar-refractivity contribution in [2.24, 2.45) is 0 Å². The maximum atomic E-state index is 6.64. The monoisotopic (exact) mass is 2030 g/mol. The van der Waals surface area contributed by atoms with E-state index in [1.165, 1.54) is 0 Å². The van der Waals surface area contributed by atoms with Crippen molar-refractivity contribution in [2.75, 3.05) is 0 Å². The summed E-state index contributed by atoms with van der Waals surface area (Å²) in [4.78, 5) is 0. The Morgan fingerprint density at radius 1 is 0.203 bits per heavy atom. The molecule has 396 valence electrons. The van der Waals surface area contributed by atoms with Crippen LogP contribution in [-0.2, 0) is 0 Å². The van der Waals surface area contributed by atoms with E-state index in [9.17, 15) is 0 Å². The van der Waals surface area contributed by atoms with Crippen LogP contribution in [0.1, 0.15) is 5.56 Å². The first-order chi connectivity index (χ1) is 34.2. The molecule has 6 heterocycles. The Kier molecular flexibility index (Phi) is 14.3. The van der Waals surface area contributed by atoms with Crippen LogP contribution < -0.4 is 54.3 Å². The molecule has 6 aromatic carbocycles. The molecule has 0 saturated carbocycles. The van der Waals surface area contributed by atoms with Crippen LogP contribution in [0.5, 0.6) is 69.0 Å². The van der Waals surface area contributed by atoms with Crippen LogP contribution in [0.25, 0.3) is 0 Å². The van der Waals surface area contributed by atoms with E-state index in [2.05, 4.69) is 191 Å². The van der Waals surface area contributed by atoms with Crippen molar-refractivity contribution >= 4 is 333 Å². The summed E-state index contributed by atoms with van der Waals surface area (Å²) in [5.41, 5.74) is 0.322. The summed E-state index contributed by atoms with van der Waals surface area (Å²) in [6.07, 6.45) is 0. The van der Waals surface area contributed by atoms with Crippen LogP contribution in [0.4, 0.5) is 0 Å². The molecular weight excluding hydrogens is 2050 g/mol. The number of benzene rings is 6. The van der Waals surface area contributed by atoms with Gasteiger partial charge in [-0.1, -0.05) is 0 Å². The van der Waals surface area contributed by atoms with E-state index in [1.54, 1.807) is 6.92 Å². The Morgan fingerprint density at radius 3 is 0.541 bits per heavy atom. The maximum absolute atomic E-state index is 6.75. The molecule has 0 atom stereocenters. The zero-order valence-electron chi connectivity index (χ0n) is 33.5. The fraction of sp³-hybridized carbons (Fsp3) is 0.0270. The number of hydrogen-bond donors (Lipinski definition) is 0. The van der Waals surface area contributed by atoms with Gasteiger partial charge in [-0.05, 0) is 0 Å². The molecule has 0 N–H and O–H groups in total.